The van der Waals surface area contributed by atoms with Gasteiger partial charge in [0.25, 0.3) is 0 Å². The van der Waals surface area contributed by atoms with Gasteiger partial charge in [-0.25, -0.2) is 0 Å². The SMILES string of the molecule is COc1ccccc1N1CCN(C(=O)C2CCCN(Cc3ccncc3)CCC(=O)NCC2)CC1. The fraction of sp³-hybridized carbons (Fsp3) is 0.519. The zero-order chi connectivity index (χ0) is 24.5. The maximum atomic E-state index is 13.5. The lowest BCUT2D eigenvalue weighted by atomic mass is 9.96. The van der Waals surface area contributed by atoms with Crippen molar-refractivity contribution >= 4 is 17.5 Å². The second kappa shape index (κ2) is 12.5. The number of benzene rings is 1. The number of hydrogen-bond acceptors (Lipinski definition) is 6. The van der Waals surface area contributed by atoms with E-state index in [2.05, 4.69) is 26.2 Å². The van der Waals surface area contributed by atoms with E-state index in [1.54, 1.807) is 19.5 Å². The van der Waals surface area contributed by atoms with Crippen LogP contribution in [0.3, 0.4) is 0 Å². The Morgan fingerprint density at radius 1 is 1.03 bits per heavy atom. The van der Waals surface area contributed by atoms with E-state index in [9.17, 15) is 9.59 Å². The topological polar surface area (TPSA) is 78.0 Å². The molecule has 3 heterocycles. The van der Waals surface area contributed by atoms with E-state index in [0.717, 1.165) is 57.0 Å². The molecule has 2 aliphatic heterocycles. The quantitative estimate of drug-likeness (QED) is 0.710. The Labute approximate surface area is 208 Å². The maximum Gasteiger partial charge on any atom is 0.225 e. The molecule has 2 aliphatic rings. The molecule has 0 radical (unpaired) electrons. The van der Waals surface area contributed by atoms with E-state index >= 15 is 0 Å². The molecule has 1 N–H and O–H groups in total. The predicted molar refractivity (Wildman–Crippen MR) is 136 cm³/mol. The molecule has 0 aliphatic carbocycles. The van der Waals surface area contributed by atoms with E-state index in [4.69, 9.17) is 4.74 Å². The Kier molecular flexibility index (Phi) is 8.95. The highest BCUT2D eigenvalue weighted by Gasteiger charge is 2.28. The fourth-order valence-corrected chi connectivity index (χ4v) is 5.02. The number of anilines is 1. The van der Waals surface area contributed by atoms with Crippen molar-refractivity contribution in [1.29, 1.82) is 0 Å². The number of aromatic nitrogens is 1. The normalized spacial score (nSPS) is 20.6. The number of piperazine rings is 1. The van der Waals surface area contributed by atoms with Crippen molar-refractivity contribution in [3.8, 4) is 5.75 Å². The average Bonchev–Trinajstić information content (AvgIpc) is 2.94. The standard InChI is InChI=1S/C27H37N5O3/c1-35-25-7-3-2-6-24(25)31-17-19-32(20-18-31)27(34)23-5-4-15-30(16-11-26(33)29-14-10-23)21-22-8-12-28-13-9-22/h2-3,6-9,12-13,23H,4-5,10-11,14-21H2,1H3,(H,29,33). The van der Waals surface area contributed by atoms with Gasteiger partial charge in [0.15, 0.2) is 0 Å². The van der Waals surface area contributed by atoms with Crippen LogP contribution in [-0.2, 0) is 16.1 Å². The molecule has 1 aromatic heterocycles. The molecule has 2 fully saturated rings. The van der Waals surface area contributed by atoms with Crippen molar-refractivity contribution < 1.29 is 14.3 Å². The van der Waals surface area contributed by atoms with Gasteiger partial charge in [-0.3, -0.25) is 19.5 Å². The first-order valence-corrected chi connectivity index (χ1v) is 12.7. The van der Waals surface area contributed by atoms with Gasteiger partial charge < -0.3 is 19.9 Å². The molecule has 188 valence electrons. The largest absolute Gasteiger partial charge is 0.495 e. The van der Waals surface area contributed by atoms with Gasteiger partial charge >= 0.3 is 0 Å². The number of methoxy groups -OCH3 is 1. The van der Waals surface area contributed by atoms with Crippen molar-refractivity contribution in [2.45, 2.75) is 32.2 Å². The predicted octanol–water partition coefficient (Wildman–Crippen LogP) is 2.55. The molecule has 1 atom stereocenters. The van der Waals surface area contributed by atoms with Gasteiger partial charge in [-0.05, 0) is 55.6 Å². The second-order valence-corrected chi connectivity index (χ2v) is 9.34. The van der Waals surface area contributed by atoms with Gasteiger partial charge in [0, 0.05) is 70.5 Å². The third kappa shape index (κ3) is 6.94. The van der Waals surface area contributed by atoms with Crippen molar-refractivity contribution in [2.24, 2.45) is 5.92 Å². The van der Waals surface area contributed by atoms with Crippen LogP contribution in [0.5, 0.6) is 5.75 Å². The number of para-hydroxylation sites is 2. The Balaban J connectivity index is 1.34. The number of nitrogens with one attached hydrogen (secondary N) is 1. The molecule has 0 bridgehead atoms. The minimum absolute atomic E-state index is 0.0586. The van der Waals surface area contributed by atoms with E-state index in [-0.39, 0.29) is 17.7 Å². The molecular formula is C27H37N5O3. The Bertz CT molecular complexity index is 962. The highest BCUT2D eigenvalue weighted by Crippen LogP contribution is 2.29. The second-order valence-electron chi connectivity index (χ2n) is 9.34. The number of rotatable bonds is 5. The molecule has 8 nitrogen and oxygen atoms in total. The number of carbonyl (C=O) groups excluding carboxylic acids is 2. The smallest absolute Gasteiger partial charge is 0.225 e. The van der Waals surface area contributed by atoms with E-state index in [0.29, 0.717) is 32.5 Å². The summed E-state index contributed by atoms with van der Waals surface area (Å²) in [7, 11) is 1.69. The molecule has 0 spiro atoms. The highest BCUT2D eigenvalue weighted by atomic mass is 16.5. The molecule has 4 rings (SSSR count). The van der Waals surface area contributed by atoms with Crippen LogP contribution in [0.2, 0.25) is 0 Å². The maximum absolute atomic E-state index is 13.5. The van der Waals surface area contributed by atoms with Crippen LogP contribution in [0.1, 0.15) is 31.2 Å². The van der Waals surface area contributed by atoms with Crippen LogP contribution >= 0.6 is 0 Å². The summed E-state index contributed by atoms with van der Waals surface area (Å²) in [6.45, 7) is 5.92. The molecule has 0 saturated carbocycles. The summed E-state index contributed by atoms with van der Waals surface area (Å²) in [6.07, 6.45) is 6.56. The fourth-order valence-electron chi connectivity index (χ4n) is 5.02. The molecule has 35 heavy (non-hydrogen) atoms. The van der Waals surface area contributed by atoms with Gasteiger partial charge in [-0.15, -0.1) is 0 Å². The molecule has 8 heteroatoms. The summed E-state index contributed by atoms with van der Waals surface area (Å²) in [6, 6.07) is 12.1. The Hall–Kier alpha value is -3.13. The van der Waals surface area contributed by atoms with Gasteiger partial charge in [-0.1, -0.05) is 12.1 Å². The van der Waals surface area contributed by atoms with Crippen molar-refractivity contribution in [3.63, 3.8) is 0 Å². The number of ether oxygens (including phenoxy) is 1. The number of nitrogens with zero attached hydrogens (tertiary/aromatic N) is 4. The van der Waals surface area contributed by atoms with Crippen LogP contribution in [-0.4, -0.2) is 79.5 Å². The first-order chi connectivity index (χ1) is 17.1. The monoisotopic (exact) mass is 479 g/mol. The molecule has 1 aromatic carbocycles. The van der Waals surface area contributed by atoms with Crippen LogP contribution < -0.4 is 15.0 Å². The number of hydrogen-bond donors (Lipinski definition) is 1. The van der Waals surface area contributed by atoms with Crippen LogP contribution in [0.25, 0.3) is 0 Å². The van der Waals surface area contributed by atoms with Crippen molar-refractivity contribution in [2.75, 3.05) is 57.8 Å². The molecular weight excluding hydrogens is 442 g/mol. The first-order valence-electron chi connectivity index (χ1n) is 12.7. The van der Waals surface area contributed by atoms with E-state index < -0.39 is 0 Å². The van der Waals surface area contributed by atoms with Gasteiger partial charge in [0.1, 0.15) is 5.75 Å². The average molecular weight is 480 g/mol. The van der Waals surface area contributed by atoms with Crippen molar-refractivity contribution in [3.05, 3.63) is 54.4 Å². The summed E-state index contributed by atoms with van der Waals surface area (Å²) >= 11 is 0. The van der Waals surface area contributed by atoms with E-state index in [1.807, 2.05) is 35.2 Å². The minimum atomic E-state index is -0.0611. The summed E-state index contributed by atoms with van der Waals surface area (Å²) in [5.41, 5.74) is 2.27. The highest BCUT2D eigenvalue weighted by molar-refractivity contribution is 5.79. The molecule has 2 saturated heterocycles. The number of amides is 2. The van der Waals surface area contributed by atoms with Crippen LogP contribution in [0.4, 0.5) is 5.69 Å². The van der Waals surface area contributed by atoms with Crippen LogP contribution in [0.15, 0.2) is 48.8 Å². The molecule has 1 unspecified atom stereocenters. The lowest BCUT2D eigenvalue weighted by Crippen LogP contribution is -2.50. The van der Waals surface area contributed by atoms with Gasteiger partial charge in [0.05, 0.1) is 12.8 Å². The zero-order valence-electron chi connectivity index (χ0n) is 20.7. The third-order valence-electron chi connectivity index (χ3n) is 7.02. The van der Waals surface area contributed by atoms with Gasteiger partial charge in [-0.2, -0.15) is 0 Å². The molecule has 2 aromatic rings. The Morgan fingerprint density at radius 2 is 1.80 bits per heavy atom. The summed E-state index contributed by atoms with van der Waals surface area (Å²) < 4.78 is 5.52. The summed E-state index contributed by atoms with van der Waals surface area (Å²) in [5.74, 6) is 1.08. The lowest BCUT2D eigenvalue weighted by Gasteiger charge is -2.38. The van der Waals surface area contributed by atoms with Crippen molar-refractivity contribution in [1.82, 2.24) is 20.1 Å². The molecule has 2 amide bonds. The minimum Gasteiger partial charge on any atom is -0.495 e. The third-order valence-corrected chi connectivity index (χ3v) is 7.02. The number of pyridine rings is 1. The number of carbonyl (C=O) groups is 2. The summed E-state index contributed by atoms with van der Waals surface area (Å²) in [4.78, 5) is 36.5. The first kappa shape index (κ1) is 25.0. The Morgan fingerprint density at radius 3 is 2.57 bits per heavy atom. The zero-order valence-corrected chi connectivity index (χ0v) is 20.7. The lowest BCUT2D eigenvalue weighted by molar-refractivity contribution is -0.136. The van der Waals surface area contributed by atoms with Crippen LogP contribution in [0, 0.1) is 5.92 Å². The summed E-state index contributed by atoms with van der Waals surface area (Å²) in [5, 5.41) is 3.03. The van der Waals surface area contributed by atoms with Gasteiger partial charge in [0.2, 0.25) is 11.8 Å². The van der Waals surface area contributed by atoms with E-state index in [1.165, 1.54) is 5.56 Å².